The number of methoxy groups -OCH3 is 1. The van der Waals surface area contributed by atoms with Crippen molar-refractivity contribution >= 4 is 31.9 Å². The summed E-state index contributed by atoms with van der Waals surface area (Å²) in [5.74, 6) is 0.252. The molecule has 4 nitrogen and oxygen atoms in total. The van der Waals surface area contributed by atoms with Crippen LogP contribution in [0, 0.1) is 0 Å². The number of benzene rings is 2. The number of hydrogen-bond donors (Lipinski definition) is 2. The van der Waals surface area contributed by atoms with Gasteiger partial charge in [-0.05, 0) is 61.3 Å². The summed E-state index contributed by atoms with van der Waals surface area (Å²) < 4.78 is 49.0. The molecule has 1 fully saturated rings. The first-order valence-corrected chi connectivity index (χ1v) is 10.7. The minimum absolute atomic E-state index is 0.0816. The Balaban J connectivity index is 1.77. The van der Waals surface area contributed by atoms with Crippen LogP contribution in [-0.2, 0) is 6.54 Å². The molecule has 9 heteroatoms. The molecule has 1 heterocycles. The van der Waals surface area contributed by atoms with E-state index in [-0.39, 0.29) is 17.8 Å². The molecular weight excluding hydrogens is 517 g/mol. The van der Waals surface area contributed by atoms with E-state index < -0.39 is 6.36 Å². The van der Waals surface area contributed by atoms with Crippen LogP contribution in [0.5, 0.6) is 11.5 Å². The zero-order chi connectivity index (χ0) is 21.0. The average molecular weight is 538 g/mol. The van der Waals surface area contributed by atoms with Gasteiger partial charge in [-0.3, -0.25) is 0 Å². The minimum atomic E-state index is -4.73. The predicted molar refractivity (Wildman–Crippen MR) is 112 cm³/mol. The van der Waals surface area contributed by atoms with E-state index in [0.29, 0.717) is 17.9 Å². The number of ether oxygens (including phenoxy) is 2. The molecule has 0 aliphatic carbocycles. The number of hydrogen-bond acceptors (Lipinski definition) is 4. The molecule has 0 radical (unpaired) electrons. The van der Waals surface area contributed by atoms with E-state index in [1.165, 1.54) is 25.3 Å². The Kier molecular flexibility index (Phi) is 7.47. The van der Waals surface area contributed by atoms with Crippen LogP contribution in [0.2, 0.25) is 0 Å². The SMILES string of the molecule is COc1ccc(OC(F)(F)F)cc1CNC1CCCNC1c1cc(Br)cc(Br)c1. The van der Waals surface area contributed by atoms with Crippen LogP contribution in [0.15, 0.2) is 45.3 Å². The Bertz CT molecular complexity index is 829. The van der Waals surface area contributed by atoms with E-state index >= 15 is 0 Å². The normalized spacial score (nSPS) is 19.8. The standard InChI is InChI=1S/C20H21Br2F3N2O2/c1-28-18-5-4-16(29-20(23,24)25)9-13(18)11-27-17-3-2-6-26-19(17)12-7-14(21)10-15(22)8-12/h4-5,7-10,17,19,26-27H,2-3,6,11H2,1H3. The van der Waals surface area contributed by atoms with Crippen molar-refractivity contribution in [2.75, 3.05) is 13.7 Å². The molecule has 3 rings (SSSR count). The van der Waals surface area contributed by atoms with Crippen LogP contribution in [0.1, 0.15) is 30.0 Å². The minimum Gasteiger partial charge on any atom is -0.496 e. The second-order valence-corrected chi connectivity index (χ2v) is 8.62. The fourth-order valence-corrected chi connectivity index (χ4v) is 4.87. The van der Waals surface area contributed by atoms with E-state index in [4.69, 9.17) is 4.74 Å². The average Bonchev–Trinajstić information content (AvgIpc) is 2.64. The summed E-state index contributed by atoms with van der Waals surface area (Å²) in [6, 6.07) is 10.4. The number of nitrogens with one attached hydrogen (secondary N) is 2. The summed E-state index contributed by atoms with van der Waals surface area (Å²) in [5, 5.41) is 7.02. The van der Waals surface area contributed by atoms with Crippen molar-refractivity contribution in [3.63, 3.8) is 0 Å². The van der Waals surface area contributed by atoms with Gasteiger partial charge in [0.15, 0.2) is 0 Å². The molecule has 1 saturated heterocycles. The van der Waals surface area contributed by atoms with Crippen LogP contribution in [0.25, 0.3) is 0 Å². The van der Waals surface area contributed by atoms with E-state index in [0.717, 1.165) is 33.9 Å². The second kappa shape index (κ2) is 9.68. The highest BCUT2D eigenvalue weighted by molar-refractivity contribution is 9.11. The van der Waals surface area contributed by atoms with Gasteiger partial charge in [0.25, 0.3) is 0 Å². The topological polar surface area (TPSA) is 42.5 Å². The summed E-state index contributed by atoms with van der Waals surface area (Å²) >= 11 is 7.05. The molecule has 158 valence electrons. The number of rotatable bonds is 6. The first-order chi connectivity index (χ1) is 13.7. The summed E-state index contributed by atoms with van der Waals surface area (Å²) in [6.45, 7) is 1.27. The zero-order valence-corrected chi connectivity index (χ0v) is 18.8. The highest BCUT2D eigenvalue weighted by atomic mass is 79.9. The third-order valence-electron chi connectivity index (χ3n) is 4.74. The molecule has 0 spiro atoms. The Morgan fingerprint density at radius 3 is 2.52 bits per heavy atom. The Morgan fingerprint density at radius 1 is 1.14 bits per heavy atom. The molecule has 1 aliphatic heterocycles. The van der Waals surface area contributed by atoms with Gasteiger partial charge in [-0.25, -0.2) is 0 Å². The van der Waals surface area contributed by atoms with E-state index in [1.54, 1.807) is 0 Å². The molecule has 2 aromatic rings. The summed E-state index contributed by atoms with van der Waals surface area (Å²) in [5.41, 5.74) is 1.73. The van der Waals surface area contributed by atoms with Crippen molar-refractivity contribution in [3.8, 4) is 11.5 Å². The largest absolute Gasteiger partial charge is 0.573 e. The molecule has 29 heavy (non-hydrogen) atoms. The van der Waals surface area contributed by atoms with Crippen LogP contribution >= 0.6 is 31.9 Å². The van der Waals surface area contributed by atoms with Crippen molar-refractivity contribution in [2.24, 2.45) is 0 Å². The molecule has 0 bridgehead atoms. The van der Waals surface area contributed by atoms with Gasteiger partial charge < -0.3 is 20.1 Å². The quantitative estimate of drug-likeness (QED) is 0.496. The summed E-state index contributed by atoms with van der Waals surface area (Å²) in [6.07, 6.45) is -2.77. The highest BCUT2D eigenvalue weighted by Gasteiger charge is 2.31. The number of piperidine rings is 1. The monoisotopic (exact) mass is 536 g/mol. The van der Waals surface area contributed by atoms with Gasteiger partial charge >= 0.3 is 6.36 Å². The lowest BCUT2D eigenvalue weighted by atomic mass is 9.92. The fourth-order valence-electron chi connectivity index (χ4n) is 3.54. The molecular formula is C20H21Br2F3N2O2. The third-order valence-corrected chi connectivity index (χ3v) is 5.66. The zero-order valence-electron chi connectivity index (χ0n) is 15.7. The van der Waals surface area contributed by atoms with Crippen molar-refractivity contribution in [3.05, 3.63) is 56.5 Å². The van der Waals surface area contributed by atoms with Crippen molar-refractivity contribution in [1.29, 1.82) is 0 Å². The van der Waals surface area contributed by atoms with Crippen molar-refractivity contribution in [2.45, 2.75) is 37.8 Å². The van der Waals surface area contributed by atoms with E-state index in [1.807, 2.05) is 6.07 Å². The molecule has 0 saturated carbocycles. The molecule has 1 aliphatic rings. The van der Waals surface area contributed by atoms with Crippen LogP contribution in [0.4, 0.5) is 13.2 Å². The first kappa shape index (κ1) is 22.4. The Hall–Kier alpha value is -1.29. The maximum atomic E-state index is 12.6. The number of alkyl halides is 3. The lowest BCUT2D eigenvalue weighted by molar-refractivity contribution is -0.274. The summed E-state index contributed by atoms with van der Waals surface area (Å²) in [7, 11) is 1.49. The Morgan fingerprint density at radius 2 is 1.86 bits per heavy atom. The maximum Gasteiger partial charge on any atom is 0.573 e. The van der Waals surface area contributed by atoms with Crippen molar-refractivity contribution in [1.82, 2.24) is 10.6 Å². The molecule has 0 aromatic heterocycles. The van der Waals surface area contributed by atoms with Crippen LogP contribution < -0.4 is 20.1 Å². The van der Waals surface area contributed by atoms with Crippen molar-refractivity contribution < 1.29 is 22.6 Å². The molecule has 2 aromatic carbocycles. The van der Waals surface area contributed by atoms with Crippen LogP contribution in [-0.4, -0.2) is 26.1 Å². The lowest BCUT2D eigenvalue weighted by Gasteiger charge is -2.34. The second-order valence-electron chi connectivity index (χ2n) is 6.79. The fraction of sp³-hybridized carbons (Fsp3) is 0.400. The smallest absolute Gasteiger partial charge is 0.496 e. The van der Waals surface area contributed by atoms with Gasteiger partial charge in [-0.1, -0.05) is 31.9 Å². The molecule has 0 amide bonds. The van der Waals surface area contributed by atoms with E-state index in [9.17, 15) is 13.2 Å². The van der Waals surface area contributed by atoms with Gasteiger partial charge in [0.05, 0.1) is 7.11 Å². The highest BCUT2D eigenvalue weighted by Crippen LogP contribution is 2.31. The van der Waals surface area contributed by atoms with Gasteiger partial charge in [0, 0.05) is 33.1 Å². The summed E-state index contributed by atoms with van der Waals surface area (Å²) in [4.78, 5) is 0. The molecule has 2 N–H and O–H groups in total. The molecule has 2 unspecified atom stereocenters. The van der Waals surface area contributed by atoms with Gasteiger partial charge in [-0.2, -0.15) is 0 Å². The predicted octanol–water partition coefficient (Wildman–Crippen LogP) is 5.70. The van der Waals surface area contributed by atoms with Gasteiger partial charge in [0.2, 0.25) is 0 Å². The number of halogens is 5. The maximum absolute atomic E-state index is 12.6. The van der Waals surface area contributed by atoms with E-state index in [2.05, 4.69) is 59.4 Å². The van der Waals surface area contributed by atoms with Crippen LogP contribution in [0.3, 0.4) is 0 Å². The van der Waals surface area contributed by atoms with Gasteiger partial charge in [-0.15, -0.1) is 13.2 Å². The molecule has 2 atom stereocenters. The van der Waals surface area contributed by atoms with Gasteiger partial charge in [0.1, 0.15) is 11.5 Å². The lowest BCUT2D eigenvalue weighted by Crippen LogP contribution is -2.45. The third kappa shape index (κ3) is 6.34. The first-order valence-electron chi connectivity index (χ1n) is 9.10. The Labute approximate surface area is 184 Å².